The van der Waals surface area contributed by atoms with Gasteiger partial charge in [-0.25, -0.2) is 4.98 Å². The molecule has 0 bridgehead atoms. The summed E-state index contributed by atoms with van der Waals surface area (Å²) in [5.74, 6) is 0.934. The fraction of sp³-hybridized carbons (Fsp3) is 0.125. The maximum Gasteiger partial charge on any atom is 0.193 e. The molecule has 2 rings (SSSR count). The summed E-state index contributed by atoms with van der Waals surface area (Å²) in [6.45, 7) is 0.335. The van der Waals surface area contributed by atoms with Crippen LogP contribution < -0.4 is 11.1 Å². The summed E-state index contributed by atoms with van der Waals surface area (Å²) in [6, 6.07) is 3.54. The van der Waals surface area contributed by atoms with Crippen LogP contribution in [0.3, 0.4) is 0 Å². The molecule has 8 nitrogen and oxygen atoms in total. The second-order valence-corrected chi connectivity index (χ2v) is 2.96. The van der Waals surface area contributed by atoms with Crippen LogP contribution in [0.2, 0.25) is 0 Å². The van der Waals surface area contributed by atoms with Gasteiger partial charge in [-0.2, -0.15) is 10.5 Å². The molecule has 0 fully saturated rings. The Morgan fingerprint density at radius 3 is 3.12 bits per heavy atom. The van der Waals surface area contributed by atoms with E-state index < -0.39 is 0 Å². The lowest BCUT2D eigenvalue weighted by atomic mass is 10.2. The van der Waals surface area contributed by atoms with Crippen LogP contribution >= 0.6 is 0 Å². The molecule has 2 aromatic rings. The predicted octanol–water partition coefficient (Wildman–Crippen LogP) is -0.339. The predicted molar refractivity (Wildman–Crippen MR) is 54.9 cm³/mol. The summed E-state index contributed by atoms with van der Waals surface area (Å²) >= 11 is 0. The van der Waals surface area contributed by atoms with Gasteiger partial charge in [-0.05, 0) is 6.07 Å². The number of aromatic amines is 1. The van der Waals surface area contributed by atoms with Crippen molar-refractivity contribution in [3.05, 3.63) is 23.7 Å². The topological polar surface area (TPSA) is 129 Å². The number of rotatable bonds is 3. The smallest absolute Gasteiger partial charge is 0.193 e. The van der Waals surface area contributed by atoms with Crippen molar-refractivity contribution in [2.24, 2.45) is 0 Å². The zero-order valence-corrected chi connectivity index (χ0v) is 8.18. The Balaban J connectivity index is 2.13. The molecule has 16 heavy (non-hydrogen) atoms. The van der Waals surface area contributed by atoms with Crippen LogP contribution in [-0.2, 0) is 6.54 Å². The number of hydrogen-bond acceptors (Lipinski definition) is 7. The Hall–Kier alpha value is -2.69. The molecule has 8 heteroatoms. The summed E-state index contributed by atoms with van der Waals surface area (Å²) in [5.41, 5.74) is 6.34. The molecule has 0 radical (unpaired) electrons. The first-order chi connectivity index (χ1) is 7.79. The second-order valence-electron chi connectivity index (χ2n) is 2.96. The van der Waals surface area contributed by atoms with Gasteiger partial charge in [0.15, 0.2) is 5.82 Å². The number of nitrogens with zero attached hydrogens (tertiary/aromatic N) is 5. The lowest BCUT2D eigenvalue weighted by molar-refractivity contribution is 0.881. The Kier molecular flexibility index (Phi) is 2.60. The Morgan fingerprint density at radius 1 is 1.56 bits per heavy atom. The van der Waals surface area contributed by atoms with Crippen LogP contribution in [0.25, 0.3) is 0 Å². The number of nitriles is 1. The Bertz CT molecular complexity index is 511. The van der Waals surface area contributed by atoms with Gasteiger partial charge in [0.05, 0.1) is 24.0 Å². The van der Waals surface area contributed by atoms with Gasteiger partial charge in [-0.1, -0.05) is 5.21 Å². The highest BCUT2D eigenvalue weighted by Crippen LogP contribution is 2.14. The number of hydrogen-bond donors (Lipinski definition) is 3. The van der Waals surface area contributed by atoms with E-state index in [-0.39, 0.29) is 0 Å². The number of anilines is 2. The van der Waals surface area contributed by atoms with Crippen LogP contribution in [0.1, 0.15) is 11.4 Å². The van der Waals surface area contributed by atoms with Crippen molar-refractivity contribution in [2.45, 2.75) is 6.54 Å². The van der Waals surface area contributed by atoms with E-state index in [1.54, 1.807) is 6.07 Å². The van der Waals surface area contributed by atoms with Gasteiger partial charge in [0.25, 0.3) is 0 Å². The van der Waals surface area contributed by atoms with E-state index in [9.17, 15) is 0 Å². The zero-order valence-electron chi connectivity index (χ0n) is 8.18. The first-order valence-corrected chi connectivity index (χ1v) is 4.41. The highest BCUT2D eigenvalue weighted by molar-refractivity contribution is 5.57. The van der Waals surface area contributed by atoms with E-state index in [1.165, 1.54) is 6.20 Å². The third-order valence-electron chi connectivity index (χ3n) is 1.83. The molecule has 0 aromatic carbocycles. The highest BCUT2D eigenvalue weighted by Gasteiger charge is 2.05. The maximum absolute atomic E-state index is 8.86. The van der Waals surface area contributed by atoms with E-state index in [1.807, 2.05) is 6.07 Å². The molecule has 2 heterocycles. The zero-order chi connectivity index (χ0) is 11.4. The van der Waals surface area contributed by atoms with Gasteiger partial charge in [0.2, 0.25) is 0 Å². The molecule has 0 amide bonds. The fourth-order valence-corrected chi connectivity index (χ4v) is 1.13. The van der Waals surface area contributed by atoms with Crippen molar-refractivity contribution in [1.82, 2.24) is 25.6 Å². The molecule has 0 saturated carbocycles. The van der Waals surface area contributed by atoms with Crippen LogP contribution in [-0.4, -0.2) is 25.6 Å². The van der Waals surface area contributed by atoms with Crippen LogP contribution in [0.5, 0.6) is 0 Å². The van der Waals surface area contributed by atoms with Gasteiger partial charge in [0, 0.05) is 0 Å². The first-order valence-electron chi connectivity index (χ1n) is 4.41. The summed E-state index contributed by atoms with van der Waals surface area (Å²) < 4.78 is 0. The molecular formula is C8H8N8. The highest BCUT2D eigenvalue weighted by atomic mass is 15.5. The monoisotopic (exact) mass is 216 g/mol. The van der Waals surface area contributed by atoms with E-state index in [0.29, 0.717) is 29.4 Å². The van der Waals surface area contributed by atoms with Gasteiger partial charge in [-0.15, -0.1) is 10.2 Å². The van der Waals surface area contributed by atoms with Gasteiger partial charge >= 0.3 is 0 Å². The minimum atomic E-state index is 0.335. The normalized spacial score (nSPS) is 9.69. The summed E-state index contributed by atoms with van der Waals surface area (Å²) in [5, 5.41) is 25.0. The summed E-state index contributed by atoms with van der Waals surface area (Å²) in [7, 11) is 0. The van der Waals surface area contributed by atoms with Crippen molar-refractivity contribution >= 4 is 11.5 Å². The minimum Gasteiger partial charge on any atom is -0.397 e. The largest absolute Gasteiger partial charge is 0.397 e. The van der Waals surface area contributed by atoms with Gasteiger partial charge in [-0.3, -0.25) is 0 Å². The van der Waals surface area contributed by atoms with E-state index >= 15 is 0 Å². The molecule has 2 aromatic heterocycles. The van der Waals surface area contributed by atoms with Crippen molar-refractivity contribution in [2.75, 3.05) is 11.1 Å². The Morgan fingerprint density at radius 2 is 2.44 bits per heavy atom. The number of nitrogen functional groups attached to an aromatic ring is 1. The Labute approximate surface area is 90.5 Å². The minimum absolute atomic E-state index is 0.335. The van der Waals surface area contributed by atoms with Crippen molar-refractivity contribution in [1.29, 1.82) is 5.26 Å². The maximum atomic E-state index is 8.86. The van der Waals surface area contributed by atoms with Gasteiger partial charge in [0.1, 0.15) is 11.9 Å². The van der Waals surface area contributed by atoms with Gasteiger partial charge < -0.3 is 11.1 Å². The lowest BCUT2D eigenvalue weighted by Crippen LogP contribution is -2.05. The van der Waals surface area contributed by atoms with Crippen LogP contribution in [0.15, 0.2) is 12.3 Å². The number of nitrogens with two attached hydrogens (primary N) is 1. The first kappa shape index (κ1) is 9.85. The number of aromatic nitrogens is 5. The molecule has 4 N–H and O–H groups in total. The molecule has 0 spiro atoms. The molecule has 0 aliphatic heterocycles. The van der Waals surface area contributed by atoms with E-state index in [2.05, 4.69) is 30.9 Å². The number of nitrogens with one attached hydrogen (secondary N) is 2. The lowest BCUT2D eigenvalue weighted by Gasteiger charge is -2.04. The van der Waals surface area contributed by atoms with Crippen LogP contribution in [0.4, 0.5) is 11.5 Å². The average Bonchev–Trinajstić information content (AvgIpc) is 2.80. The van der Waals surface area contributed by atoms with E-state index in [0.717, 1.165) is 0 Å². The number of H-pyrrole nitrogens is 1. The number of pyridine rings is 1. The van der Waals surface area contributed by atoms with Crippen molar-refractivity contribution in [3.8, 4) is 6.07 Å². The standard InChI is InChI=1S/C8H8N8/c9-2-5-1-6(10)3-11-8(5)12-4-7-13-15-16-14-7/h1,3H,4,10H2,(H,11,12)(H,13,14,15,16). The SMILES string of the molecule is N#Cc1cc(N)cnc1NCc1nn[nH]n1. The quantitative estimate of drug-likeness (QED) is 0.639. The van der Waals surface area contributed by atoms with Crippen LogP contribution in [0, 0.1) is 11.3 Å². The average molecular weight is 216 g/mol. The summed E-state index contributed by atoms with van der Waals surface area (Å²) in [6.07, 6.45) is 1.47. The van der Waals surface area contributed by atoms with Crippen molar-refractivity contribution < 1.29 is 0 Å². The fourth-order valence-electron chi connectivity index (χ4n) is 1.13. The third-order valence-corrected chi connectivity index (χ3v) is 1.83. The molecule has 0 atom stereocenters. The van der Waals surface area contributed by atoms with Crippen molar-refractivity contribution in [3.63, 3.8) is 0 Å². The molecule has 0 aliphatic carbocycles. The molecule has 0 saturated heterocycles. The molecule has 80 valence electrons. The molecule has 0 unspecified atom stereocenters. The summed E-state index contributed by atoms with van der Waals surface area (Å²) in [4.78, 5) is 4.00. The molecule has 0 aliphatic rings. The third kappa shape index (κ3) is 2.03. The second kappa shape index (κ2) is 4.22. The number of tetrazole rings is 1. The molecular weight excluding hydrogens is 208 g/mol. The van der Waals surface area contributed by atoms with E-state index in [4.69, 9.17) is 11.0 Å².